The minimum atomic E-state index is -1.03. The topological polar surface area (TPSA) is 74.2 Å². The highest BCUT2D eigenvalue weighted by Crippen LogP contribution is 2.39. The molecule has 0 saturated carbocycles. The lowest BCUT2D eigenvalue weighted by atomic mass is 9.98. The SMILES string of the molecule is CC(=O)O[C@@H]1[C@@H](O)[C@@H]2O[C@H](c3ccccc3)OC[C@H]2O[C@H]1Sc1ccccc1. The first-order valence-electron chi connectivity index (χ1n) is 9.16. The van der Waals surface area contributed by atoms with Crippen molar-refractivity contribution in [3.63, 3.8) is 0 Å². The van der Waals surface area contributed by atoms with Gasteiger partial charge in [0, 0.05) is 17.4 Å². The van der Waals surface area contributed by atoms with Crippen molar-refractivity contribution in [2.75, 3.05) is 6.61 Å². The van der Waals surface area contributed by atoms with Gasteiger partial charge < -0.3 is 24.1 Å². The Hall–Kier alpha value is -1.90. The predicted molar refractivity (Wildman–Crippen MR) is 103 cm³/mol. The number of thioether (sulfide) groups is 1. The lowest BCUT2D eigenvalue weighted by Crippen LogP contribution is -2.61. The molecule has 0 bridgehead atoms. The largest absolute Gasteiger partial charge is 0.456 e. The first-order valence-corrected chi connectivity index (χ1v) is 10.0. The molecule has 0 aromatic heterocycles. The molecule has 148 valence electrons. The maximum absolute atomic E-state index is 11.6. The van der Waals surface area contributed by atoms with Crippen LogP contribution >= 0.6 is 11.8 Å². The molecule has 2 aliphatic rings. The van der Waals surface area contributed by atoms with Gasteiger partial charge in [-0.1, -0.05) is 60.3 Å². The van der Waals surface area contributed by atoms with Gasteiger partial charge in [-0.15, -0.1) is 0 Å². The van der Waals surface area contributed by atoms with Crippen LogP contribution in [0.3, 0.4) is 0 Å². The molecule has 0 amide bonds. The van der Waals surface area contributed by atoms with Gasteiger partial charge in [-0.3, -0.25) is 4.79 Å². The molecular formula is C21H22O6S. The molecule has 0 radical (unpaired) electrons. The monoisotopic (exact) mass is 402 g/mol. The summed E-state index contributed by atoms with van der Waals surface area (Å²) >= 11 is 1.40. The minimum Gasteiger partial charge on any atom is -0.456 e. The van der Waals surface area contributed by atoms with E-state index in [0.29, 0.717) is 0 Å². The summed E-state index contributed by atoms with van der Waals surface area (Å²) in [6, 6.07) is 19.2. The van der Waals surface area contributed by atoms with Crippen LogP contribution in [-0.2, 0) is 23.7 Å². The van der Waals surface area contributed by atoms with Crippen molar-refractivity contribution >= 4 is 17.7 Å². The van der Waals surface area contributed by atoms with E-state index in [1.807, 2.05) is 60.7 Å². The van der Waals surface area contributed by atoms with Gasteiger partial charge in [0.05, 0.1) is 6.61 Å². The van der Waals surface area contributed by atoms with Crippen LogP contribution in [0.15, 0.2) is 65.6 Å². The number of ether oxygens (including phenoxy) is 4. The van der Waals surface area contributed by atoms with E-state index in [1.165, 1.54) is 18.7 Å². The fourth-order valence-corrected chi connectivity index (χ4v) is 4.52. The molecule has 0 aliphatic carbocycles. The summed E-state index contributed by atoms with van der Waals surface area (Å²) in [5.41, 5.74) is 0.293. The molecule has 2 saturated heterocycles. The maximum atomic E-state index is 11.6. The molecule has 2 heterocycles. The molecule has 0 spiro atoms. The number of benzene rings is 2. The predicted octanol–water partition coefficient (Wildman–Crippen LogP) is 2.91. The molecule has 6 nitrogen and oxygen atoms in total. The van der Waals surface area contributed by atoms with Crippen molar-refractivity contribution in [3.8, 4) is 0 Å². The Balaban J connectivity index is 1.53. The Labute approximate surface area is 167 Å². The van der Waals surface area contributed by atoms with E-state index in [9.17, 15) is 9.90 Å². The van der Waals surface area contributed by atoms with Crippen molar-refractivity contribution in [1.82, 2.24) is 0 Å². The van der Waals surface area contributed by atoms with E-state index in [2.05, 4.69) is 0 Å². The lowest BCUT2D eigenvalue weighted by molar-refractivity contribution is -0.319. The molecule has 2 fully saturated rings. The van der Waals surface area contributed by atoms with Crippen LogP contribution in [0.4, 0.5) is 0 Å². The summed E-state index contributed by atoms with van der Waals surface area (Å²) in [5, 5.41) is 11.0. The second kappa shape index (κ2) is 8.63. The van der Waals surface area contributed by atoms with E-state index in [0.717, 1.165) is 10.5 Å². The van der Waals surface area contributed by atoms with Crippen molar-refractivity contribution in [1.29, 1.82) is 0 Å². The molecule has 2 aliphatic heterocycles. The Kier molecular flexibility index (Phi) is 5.99. The fraction of sp³-hybridized carbons (Fsp3) is 0.381. The van der Waals surface area contributed by atoms with Crippen LogP contribution in [-0.4, -0.2) is 47.5 Å². The maximum Gasteiger partial charge on any atom is 0.303 e. The third-order valence-corrected chi connectivity index (χ3v) is 5.83. The Morgan fingerprint density at radius 2 is 1.75 bits per heavy atom. The van der Waals surface area contributed by atoms with Crippen LogP contribution in [0.5, 0.6) is 0 Å². The molecule has 2 aromatic rings. The summed E-state index contributed by atoms with van der Waals surface area (Å²) in [6.45, 7) is 1.60. The van der Waals surface area contributed by atoms with E-state index in [4.69, 9.17) is 18.9 Å². The molecule has 6 atom stereocenters. The van der Waals surface area contributed by atoms with Crippen molar-refractivity contribution < 1.29 is 28.8 Å². The van der Waals surface area contributed by atoms with Crippen LogP contribution in [0.2, 0.25) is 0 Å². The molecule has 0 unspecified atom stereocenters. The minimum absolute atomic E-state index is 0.278. The van der Waals surface area contributed by atoms with Crippen molar-refractivity contribution in [3.05, 3.63) is 66.2 Å². The molecular weight excluding hydrogens is 380 g/mol. The van der Waals surface area contributed by atoms with Gasteiger partial charge in [0.1, 0.15) is 23.7 Å². The van der Waals surface area contributed by atoms with E-state index < -0.39 is 42.1 Å². The highest BCUT2D eigenvalue weighted by atomic mass is 32.2. The molecule has 7 heteroatoms. The molecule has 2 aromatic carbocycles. The summed E-state index contributed by atoms with van der Waals surface area (Å²) in [7, 11) is 0. The Morgan fingerprint density at radius 1 is 1.07 bits per heavy atom. The van der Waals surface area contributed by atoms with Crippen molar-refractivity contribution in [2.24, 2.45) is 0 Å². The number of carbonyl (C=O) groups is 1. The van der Waals surface area contributed by atoms with Crippen LogP contribution < -0.4 is 0 Å². The van der Waals surface area contributed by atoms with Crippen LogP contribution in [0.25, 0.3) is 0 Å². The zero-order valence-corrected chi connectivity index (χ0v) is 16.2. The van der Waals surface area contributed by atoms with E-state index >= 15 is 0 Å². The zero-order chi connectivity index (χ0) is 19.5. The number of esters is 1. The second-order valence-electron chi connectivity index (χ2n) is 6.72. The van der Waals surface area contributed by atoms with E-state index in [1.54, 1.807) is 0 Å². The quantitative estimate of drug-likeness (QED) is 0.788. The summed E-state index contributed by atoms with van der Waals surface area (Å²) in [6.07, 6.45) is -3.59. The normalized spacial score (nSPS) is 32.4. The third kappa shape index (κ3) is 4.24. The van der Waals surface area contributed by atoms with Gasteiger partial charge in [-0.25, -0.2) is 0 Å². The summed E-state index contributed by atoms with van der Waals surface area (Å²) in [4.78, 5) is 12.6. The Morgan fingerprint density at radius 3 is 2.43 bits per heavy atom. The fourth-order valence-electron chi connectivity index (χ4n) is 3.39. The van der Waals surface area contributed by atoms with Gasteiger partial charge in [-0.05, 0) is 12.1 Å². The number of carbonyl (C=O) groups excluding carboxylic acids is 1. The number of hydrogen-bond donors (Lipinski definition) is 1. The van der Waals surface area contributed by atoms with Gasteiger partial charge >= 0.3 is 5.97 Å². The third-order valence-electron chi connectivity index (χ3n) is 4.68. The van der Waals surface area contributed by atoms with Gasteiger partial charge in [0.15, 0.2) is 12.4 Å². The molecule has 1 N–H and O–H groups in total. The van der Waals surface area contributed by atoms with Gasteiger partial charge in [-0.2, -0.15) is 0 Å². The molecule has 28 heavy (non-hydrogen) atoms. The summed E-state index contributed by atoms with van der Waals surface area (Å²) in [5.74, 6) is -0.476. The van der Waals surface area contributed by atoms with E-state index in [-0.39, 0.29) is 6.61 Å². The van der Waals surface area contributed by atoms with Crippen LogP contribution in [0, 0.1) is 0 Å². The number of rotatable bonds is 4. The highest BCUT2D eigenvalue weighted by Gasteiger charge is 2.51. The first kappa shape index (κ1) is 19.4. The van der Waals surface area contributed by atoms with Gasteiger partial charge in [0.2, 0.25) is 0 Å². The lowest BCUT2D eigenvalue weighted by Gasteiger charge is -2.47. The number of aliphatic hydroxyl groups excluding tert-OH is 1. The van der Waals surface area contributed by atoms with Crippen molar-refractivity contribution in [2.45, 2.75) is 48.0 Å². The second-order valence-corrected chi connectivity index (χ2v) is 7.89. The Bertz CT molecular complexity index is 786. The highest BCUT2D eigenvalue weighted by molar-refractivity contribution is 7.99. The standard InChI is InChI=1S/C21H22O6S/c1-13(22)25-19-17(23)18-16(26-21(19)28-15-10-6-3-7-11-15)12-24-20(27-18)14-8-4-2-5-9-14/h2-11,16-21,23H,12H2,1H3/t16-,17+,18-,19-,20-,21+/m1/s1. The summed E-state index contributed by atoms with van der Waals surface area (Å²) < 4.78 is 23.4. The number of hydrogen-bond acceptors (Lipinski definition) is 7. The average molecular weight is 402 g/mol. The molecule has 4 rings (SSSR count). The first-order chi connectivity index (χ1) is 13.6. The van der Waals surface area contributed by atoms with Gasteiger partial charge in [0.25, 0.3) is 0 Å². The zero-order valence-electron chi connectivity index (χ0n) is 15.3. The number of fused-ring (bicyclic) bond motifs is 1. The smallest absolute Gasteiger partial charge is 0.303 e. The average Bonchev–Trinajstić information content (AvgIpc) is 2.72. The van der Waals surface area contributed by atoms with Crippen LogP contribution in [0.1, 0.15) is 18.8 Å². The number of aliphatic hydroxyl groups is 1.